The molecule has 0 radical (unpaired) electrons. The first-order chi connectivity index (χ1) is 14.9. The van der Waals surface area contributed by atoms with Crippen molar-refractivity contribution in [2.24, 2.45) is 0 Å². The van der Waals surface area contributed by atoms with Crippen LogP contribution in [0.2, 0.25) is 0 Å². The third kappa shape index (κ3) is 2.70. The van der Waals surface area contributed by atoms with Crippen molar-refractivity contribution in [1.82, 2.24) is 24.7 Å². The highest BCUT2D eigenvalue weighted by Gasteiger charge is 2.41. The van der Waals surface area contributed by atoms with Crippen LogP contribution in [0.1, 0.15) is 65.4 Å². The zero-order chi connectivity index (χ0) is 21.3. The molecule has 1 aliphatic carbocycles. The van der Waals surface area contributed by atoms with Gasteiger partial charge in [-0.15, -0.1) is 0 Å². The molecule has 0 saturated heterocycles. The molecule has 154 valence electrons. The summed E-state index contributed by atoms with van der Waals surface area (Å²) in [5, 5.41) is 13.3. The summed E-state index contributed by atoms with van der Waals surface area (Å²) in [6.45, 7) is 3.33. The summed E-state index contributed by atoms with van der Waals surface area (Å²) < 4.78 is 2.13. The molecule has 2 bridgehead atoms. The van der Waals surface area contributed by atoms with E-state index < -0.39 is 5.60 Å². The summed E-state index contributed by atoms with van der Waals surface area (Å²) in [5.74, 6) is 0.461. The molecule has 1 aliphatic heterocycles. The van der Waals surface area contributed by atoms with E-state index in [0.717, 1.165) is 45.7 Å². The predicted octanol–water partition coefficient (Wildman–Crippen LogP) is 3.34. The second kappa shape index (κ2) is 6.21. The van der Waals surface area contributed by atoms with Crippen LogP contribution in [0.3, 0.4) is 0 Å². The third-order valence-electron chi connectivity index (χ3n) is 6.23. The van der Waals surface area contributed by atoms with Gasteiger partial charge in [0.25, 0.3) is 5.91 Å². The number of fused-ring (bicyclic) bond motifs is 9. The summed E-state index contributed by atoms with van der Waals surface area (Å²) in [5.41, 5.74) is 5.46. The van der Waals surface area contributed by atoms with E-state index in [2.05, 4.69) is 25.9 Å². The quantitative estimate of drug-likeness (QED) is 0.528. The highest BCUT2D eigenvalue weighted by molar-refractivity contribution is 5.97. The molecule has 4 heterocycles. The predicted molar refractivity (Wildman–Crippen MR) is 115 cm³/mol. The van der Waals surface area contributed by atoms with Gasteiger partial charge in [0.15, 0.2) is 5.82 Å². The molecule has 0 fully saturated rings. The van der Waals surface area contributed by atoms with Crippen LogP contribution in [0.15, 0.2) is 55.0 Å². The van der Waals surface area contributed by atoms with Crippen LogP contribution in [-0.4, -0.2) is 30.4 Å². The fourth-order valence-corrected chi connectivity index (χ4v) is 4.75. The second-order valence-corrected chi connectivity index (χ2v) is 8.78. The Labute approximate surface area is 178 Å². The molecular weight excluding hydrogens is 390 g/mol. The maximum Gasteiger partial charge on any atom is 0.252 e. The molecule has 2 N–H and O–H groups in total. The van der Waals surface area contributed by atoms with Crippen molar-refractivity contribution in [3.63, 3.8) is 0 Å². The van der Waals surface area contributed by atoms with Crippen molar-refractivity contribution in [3.05, 3.63) is 83.3 Å². The van der Waals surface area contributed by atoms with Crippen LogP contribution in [0.4, 0.5) is 0 Å². The van der Waals surface area contributed by atoms with Gasteiger partial charge in [0.05, 0.1) is 17.4 Å². The maximum atomic E-state index is 12.7. The summed E-state index contributed by atoms with van der Waals surface area (Å²) in [4.78, 5) is 26.2. The molecule has 0 saturated carbocycles. The zero-order valence-electron chi connectivity index (χ0n) is 17.2. The molecule has 2 aliphatic rings. The van der Waals surface area contributed by atoms with Gasteiger partial charge in [-0.05, 0) is 44.0 Å². The fraction of sp³-hybridized carbons (Fsp3) is 0.250. The number of aromatic nitrogens is 4. The standard InChI is InChI=1S/C24H21N5O2/c1-24(2,31)23-25-10-14(11-26-23)13-7-8-19-28-20-18-9-17(21(20)29(19)12-13)15-5-3-4-6-16(15)22(30)27-18/h3-8,10-12,17-18,31H,9H2,1-2H3,(H,27,30)/t17-,18-/m1/s1. The lowest BCUT2D eigenvalue weighted by atomic mass is 9.92. The van der Waals surface area contributed by atoms with E-state index in [-0.39, 0.29) is 17.9 Å². The Hall–Kier alpha value is -3.58. The van der Waals surface area contributed by atoms with Crippen LogP contribution in [-0.2, 0) is 5.60 Å². The van der Waals surface area contributed by atoms with E-state index in [9.17, 15) is 9.90 Å². The van der Waals surface area contributed by atoms with E-state index in [4.69, 9.17) is 4.98 Å². The average molecular weight is 411 g/mol. The molecule has 31 heavy (non-hydrogen) atoms. The van der Waals surface area contributed by atoms with Gasteiger partial charge in [-0.1, -0.05) is 18.2 Å². The van der Waals surface area contributed by atoms with Crippen molar-refractivity contribution in [2.45, 2.75) is 37.8 Å². The number of imidazole rings is 1. The molecule has 7 heteroatoms. The number of rotatable bonds is 2. The van der Waals surface area contributed by atoms with Crippen LogP contribution in [0.25, 0.3) is 16.8 Å². The van der Waals surface area contributed by atoms with Gasteiger partial charge < -0.3 is 14.8 Å². The Bertz CT molecular complexity index is 1350. The van der Waals surface area contributed by atoms with Crippen molar-refractivity contribution in [2.75, 3.05) is 0 Å². The van der Waals surface area contributed by atoms with Gasteiger partial charge in [-0.25, -0.2) is 15.0 Å². The van der Waals surface area contributed by atoms with Crippen LogP contribution in [0, 0.1) is 0 Å². The topological polar surface area (TPSA) is 92.4 Å². The smallest absolute Gasteiger partial charge is 0.252 e. The fourth-order valence-electron chi connectivity index (χ4n) is 4.75. The minimum Gasteiger partial charge on any atom is -0.382 e. The van der Waals surface area contributed by atoms with Gasteiger partial charge in [0.2, 0.25) is 0 Å². The molecular formula is C24H21N5O2. The Kier molecular flexibility index (Phi) is 3.65. The third-order valence-corrected chi connectivity index (χ3v) is 6.23. The average Bonchev–Trinajstić information content (AvgIpc) is 3.25. The molecule has 7 nitrogen and oxygen atoms in total. The van der Waals surface area contributed by atoms with Crippen molar-refractivity contribution in [1.29, 1.82) is 0 Å². The minimum atomic E-state index is -1.08. The lowest BCUT2D eigenvalue weighted by molar-refractivity contribution is 0.0687. The Morgan fingerprint density at radius 2 is 1.87 bits per heavy atom. The number of aliphatic hydroxyl groups is 1. The van der Waals surface area contributed by atoms with E-state index in [1.807, 2.05) is 36.4 Å². The number of nitrogens with zero attached hydrogens (tertiary/aromatic N) is 4. The molecule has 0 unspecified atom stereocenters. The summed E-state index contributed by atoms with van der Waals surface area (Å²) in [6, 6.07) is 11.7. The van der Waals surface area contributed by atoms with E-state index in [1.54, 1.807) is 26.2 Å². The number of pyridine rings is 1. The first-order valence-corrected chi connectivity index (χ1v) is 10.4. The van der Waals surface area contributed by atoms with Crippen molar-refractivity contribution < 1.29 is 9.90 Å². The Morgan fingerprint density at radius 1 is 1.10 bits per heavy atom. The first-order valence-electron chi connectivity index (χ1n) is 10.4. The minimum absolute atomic E-state index is 0.0319. The van der Waals surface area contributed by atoms with Crippen LogP contribution < -0.4 is 5.32 Å². The molecule has 1 amide bonds. The highest BCUT2D eigenvalue weighted by Crippen LogP contribution is 2.47. The van der Waals surface area contributed by atoms with E-state index in [0.29, 0.717) is 5.82 Å². The van der Waals surface area contributed by atoms with Gasteiger partial charge in [0, 0.05) is 41.2 Å². The molecule has 2 atom stereocenters. The van der Waals surface area contributed by atoms with Crippen molar-refractivity contribution >= 4 is 11.6 Å². The molecule has 6 rings (SSSR count). The van der Waals surface area contributed by atoms with Gasteiger partial charge >= 0.3 is 0 Å². The highest BCUT2D eigenvalue weighted by atomic mass is 16.3. The second-order valence-electron chi connectivity index (χ2n) is 8.78. The lowest BCUT2D eigenvalue weighted by Gasteiger charge is -2.16. The van der Waals surface area contributed by atoms with Gasteiger partial charge in [-0.2, -0.15) is 0 Å². The Balaban J connectivity index is 1.49. The number of hydrogen-bond acceptors (Lipinski definition) is 5. The maximum absolute atomic E-state index is 12.7. The lowest BCUT2D eigenvalue weighted by Crippen LogP contribution is -2.26. The summed E-state index contributed by atoms with van der Waals surface area (Å²) in [7, 11) is 0. The normalized spacial score (nSPS) is 19.6. The number of carbonyl (C=O) groups excluding carboxylic acids is 1. The van der Waals surface area contributed by atoms with Crippen LogP contribution >= 0.6 is 0 Å². The zero-order valence-corrected chi connectivity index (χ0v) is 17.2. The Morgan fingerprint density at radius 3 is 2.65 bits per heavy atom. The van der Waals surface area contributed by atoms with Gasteiger partial charge in [-0.3, -0.25) is 4.79 Å². The van der Waals surface area contributed by atoms with E-state index >= 15 is 0 Å². The summed E-state index contributed by atoms with van der Waals surface area (Å²) in [6.07, 6.45) is 6.34. The number of carbonyl (C=O) groups is 1. The van der Waals surface area contributed by atoms with Crippen LogP contribution in [0.5, 0.6) is 0 Å². The molecule has 4 aromatic rings. The SMILES string of the molecule is CC(C)(O)c1ncc(-c2ccc3nc4c(n3c2)[C@@H]2C[C@H]4NC(=O)c3ccccc32)cn1. The molecule has 1 aromatic carbocycles. The largest absolute Gasteiger partial charge is 0.382 e. The first kappa shape index (κ1) is 18.2. The monoisotopic (exact) mass is 411 g/mol. The molecule has 3 aromatic heterocycles. The number of amides is 1. The van der Waals surface area contributed by atoms with Gasteiger partial charge in [0.1, 0.15) is 11.2 Å². The van der Waals surface area contributed by atoms with E-state index in [1.165, 1.54) is 0 Å². The molecule has 0 spiro atoms. The number of benzene rings is 1. The number of hydrogen-bond donors (Lipinski definition) is 2. The number of nitrogens with one attached hydrogen (secondary N) is 1. The summed E-state index contributed by atoms with van der Waals surface area (Å²) >= 11 is 0. The van der Waals surface area contributed by atoms with Crippen molar-refractivity contribution in [3.8, 4) is 11.1 Å².